The standard InChI is InChI=1S/C26H18FN7O2/c27-22-10-7-19(24-29-13-23-25(31-24)33-34-32-23)11-21(22)26(35)30-20-8-5-18(6-9-20)15-36-14-17-3-1-16(12-28)2-4-17/h1-11,13H,14-15H2,(H,30,35)(H,29,31,32,33,34). The van der Waals surface area contributed by atoms with Crippen molar-refractivity contribution >= 4 is 22.8 Å². The monoisotopic (exact) mass is 479 g/mol. The van der Waals surface area contributed by atoms with Crippen LogP contribution < -0.4 is 5.32 Å². The van der Waals surface area contributed by atoms with Crippen molar-refractivity contribution in [2.24, 2.45) is 0 Å². The van der Waals surface area contributed by atoms with E-state index >= 15 is 0 Å². The molecule has 36 heavy (non-hydrogen) atoms. The summed E-state index contributed by atoms with van der Waals surface area (Å²) < 4.78 is 20.2. The second-order valence-corrected chi connectivity index (χ2v) is 7.87. The maximum absolute atomic E-state index is 14.5. The number of carbonyl (C=O) groups excluding carboxylic acids is 1. The van der Waals surface area contributed by atoms with Crippen LogP contribution in [0, 0.1) is 17.1 Å². The van der Waals surface area contributed by atoms with Crippen molar-refractivity contribution in [2.75, 3.05) is 5.32 Å². The average molecular weight is 479 g/mol. The number of aromatic nitrogens is 5. The number of rotatable bonds is 7. The molecule has 0 saturated heterocycles. The molecule has 0 atom stereocenters. The second-order valence-electron chi connectivity index (χ2n) is 7.87. The van der Waals surface area contributed by atoms with Gasteiger partial charge < -0.3 is 10.1 Å². The van der Waals surface area contributed by atoms with Gasteiger partial charge in [0.25, 0.3) is 5.91 Å². The molecule has 0 aliphatic rings. The number of nitriles is 1. The van der Waals surface area contributed by atoms with Gasteiger partial charge in [0.05, 0.1) is 36.6 Å². The molecule has 0 fully saturated rings. The Morgan fingerprint density at radius 1 is 1.00 bits per heavy atom. The molecule has 0 saturated carbocycles. The second kappa shape index (κ2) is 10.1. The van der Waals surface area contributed by atoms with E-state index in [0.29, 0.717) is 47.0 Å². The Bertz CT molecular complexity index is 1580. The van der Waals surface area contributed by atoms with Gasteiger partial charge in [0, 0.05) is 11.3 Å². The lowest BCUT2D eigenvalue weighted by molar-refractivity contribution is 0.102. The molecule has 0 aliphatic heterocycles. The first-order chi connectivity index (χ1) is 17.6. The Kier molecular flexibility index (Phi) is 6.38. The zero-order chi connectivity index (χ0) is 24.9. The molecule has 10 heteroatoms. The summed E-state index contributed by atoms with van der Waals surface area (Å²) in [6.07, 6.45) is 1.50. The highest BCUT2D eigenvalue weighted by atomic mass is 19.1. The van der Waals surface area contributed by atoms with Gasteiger partial charge in [-0.25, -0.2) is 14.4 Å². The van der Waals surface area contributed by atoms with Crippen LogP contribution in [-0.2, 0) is 18.0 Å². The molecule has 2 N–H and O–H groups in total. The number of H-pyrrole nitrogens is 1. The van der Waals surface area contributed by atoms with Gasteiger partial charge in [-0.2, -0.15) is 15.6 Å². The minimum absolute atomic E-state index is 0.133. The maximum Gasteiger partial charge on any atom is 0.258 e. The van der Waals surface area contributed by atoms with E-state index in [9.17, 15) is 9.18 Å². The highest BCUT2D eigenvalue weighted by Gasteiger charge is 2.15. The first kappa shape index (κ1) is 22.8. The fourth-order valence-corrected chi connectivity index (χ4v) is 3.48. The first-order valence-electron chi connectivity index (χ1n) is 10.9. The predicted octanol–water partition coefficient (Wildman–Crippen LogP) is 4.39. The molecular weight excluding hydrogens is 461 g/mol. The van der Waals surface area contributed by atoms with Crippen LogP contribution in [-0.4, -0.2) is 31.3 Å². The number of hydrogen-bond donors (Lipinski definition) is 2. The van der Waals surface area contributed by atoms with Crippen LogP contribution in [0.3, 0.4) is 0 Å². The SMILES string of the molecule is N#Cc1ccc(COCc2ccc(NC(=O)c3cc(-c4ncc5n[nH]nc5n4)ccc3F)cc2)cc1. The topological polar surface area (TPSA) is 129 Å². The third-order valence-corrected chi connectivity index (χ3v) is 5.38. The van der Waals surface area contributed by atoms with Crippen LogP contribution in [0.1, 0.15) is 27.0 Å². The van der Waals surface area contributed by atoms with E-state index in [0.717, 1.165) is 11.1 Å². The lowest BCUT2D eigenvalue weighted by atomic mass is 10.1. The number of nitrogens with one attached hydrogen (secondary N) is 2. The Morgan fingerprint density at radius 2 is 1.72 bits per heavy atom. The molecular formula is C26H18FN7O2. The summed E-state index contributed by atoms with van der Waals surface area (Å²) in [7, 11) is 0. The lowest BCUT2D eigenvalue weighted by Crippen LogP contribution is -2.14. The third kappa shape index (κ3) is 5.06. The van der Waals surface area contributed by atoms with Gasteiger partial charge >= 0.3 is 0 Å². The van der Waals surface area contributed by atoms with Gasteiger partial charge in [0.15, 0.2) is 5.82 Å². The van der Waals surface area contributed by atoms with Gasteiger partial charge in [0.2, 0.25) is 5.65 Å². The maximum atomic E-state index is 14.5. The third-order valence-electron chi connectivity index (χ3n) is 5.38. The molecule has 1 amide bonds. The molecule has 0 unspecified atom stereocenters. The highest BCUT2D eigenvalue weighted by Crippen LogP contribution is 2.21. The van der Waals surface area contributed by atoms with Crippen LogP contribution in [0.4, 0.5) is 10.1 Å². The fourth-order valence-electron chi connectivity index (χ4n) is 3.48. The van der Waals surface area contributed by atoms with Crippen LogP contribution in [0.15, 0.2) is 72.9 Å². The van der Waals surface area contributed by atoms with Crippen molar-refractivity contribution in [3.8, 4) is 17.5 Å². The average Bonchev–Trinajstić information content (AvgIpc) is 3.38. The smallest absolute Gasteiger partial charge is 0.258 e. The summed E-state index contributed by atoms with van der Waals surface area (Å²) in [5.41, 5.74) is 4.21. The Morgan fingerprint density at radius 3 is 2.44 bits per heavy atom. The van der Waals surface area contributed by atoms with E-state index in [4.69, 9.17) is 10.00 Å². The first-order valence-corrected chi connectivity index (χ1v) is 10.9. The lowest BCUT2D eigenvalue weighted by Gasteiger charge is -2.09. The molecule has 176 valence electrons. The van der Waals surface area contributed by atoms with E-state index in [2.05, 4.69) is 36.8 Å². The number of hydrogen-bond acceptors (Lipinski definition) is 7. The number of halogens is 1. The summed E-state index contributed by atoms with van der Waals surface area (Å²) in [5.74, 6) is -0.955. The van der Waals surface area contributed by atoms with E-state index < -0.39 is 11.7 Å². The van der Waals surface area contributed by atoms with Crippen LogP contribution >= 0.6 is 0 Å². The normalized spacial score (nSPS) is 10.8. The molecule has 5 rings (SSSR count). The molecule has 0 spiro atoms. The van der Waals surface area contributed by atoms with Gasteiger partial charge in [-0.1, -0.05) is 24.3 Å². The van der Waals surface area contributed by atoms with Gasteiger partial charge in [-0.05, 0) is 53.6 Å². The van der Waals surface area contributed by atoms with Crippen molar-refractivity contribution in [1.82, 2.24) is 25.4 Å². The zero-order valence-corrected chi connectivity index (χ0v) is 18.8. The Labute approximate surface area is 204 Å². The van der Waals surface area contributed by atoms with Gasteiger partial charge in [-0.3, -0.25) is 4.79 Å². The molecule has 2 aromatic heterocycles. The fraction of sp³-hybridized carbons (Fsp3) is 0.0769. The number of ether oxygens (including phenoxy) is 1. The van der Waals surface area contributed by atoms with E-state index in [1.54, 1.807) is 24.3 Å². The summed E-state index contributed by atoms with van der Waals surface area (Å²) >= 11 is 0. The molecule has 2 heterocycles. The summed E-state index contributed by atoms with van der Waals surface area (Å²) in [5, 5.41) is 21.9. The Hall–Kier alpha value is -5.01. The summed E-state index contributed by atoms with van der Waals surface area (Å²) in [6.45, 7) is 0.786. The number of fused-ring (bicyclic) bond motifs is 1. The highest BCUT2D eigenvalue weighted by molar-refractivity contribution is 6.05. The van der Waals surface area contributed by atoms with Crippen molar-refractivity contribution < 1.29 is 13.9 Å². The summed E-state index contributed by atoms with van der Waals surface area (Å²) in [6, 6.07) is 20.5. The van der Waals surface area contributed by atoms with Crippen LogP contribution in [0.2, 0.25) is 0 Å². The van der Waals surface area contributed by atoms with Crippen LogP contribution in [0.5, 0.6) is 0 Å². The molecule has 5 aromatic rings. The molecule has 3 aromatic carbocycles. The number of amides is 1. The van der Waals surface area contributed by atoms with Crippen molar-refractivity contribution in [1.29, 1.82) is 5.26 Å². The zero-order valence-electron chi connectivity index (χ0n) is 18.8. The van der Waals surface area contributed by atoms with E-state index in [1.807, 2.05) is 24.3 Å². The van der Waals surface area contributed by atoms with Gasteiger partial charge in [-0.15, -0.1) is 5.10 Å². The quantitative estimate of drug-likeness (QED) is 0.354. The minimum Gasteiger partial charge on any atom is -0.372 e. The van der Waals surface area contributed by atoms with Crippen molar-refractivity contribution in [3.05, 3.63) is 101 Å². The molecule has 0 aliphatic carbocycles. The number of aromatic amines is 1. The number of benzene rings is 3. The molecule has 0 radical (unpaired) electrons. The number of anilines is 1. The van der Waals surface area contributed by atoms with Crippen molar-refractivity contribution in [3.63, 3.8) is 0 Å². The Balaban J connectivity index is 1.22. The van der Waals surface area contributed by atoms with E-state index in [1.165, 1.54) is 24.4 Å². The van der Waals surface area contributed by atoms with Gasteiger partial charge in [0.1, 0.15) is 11.3 Å². The van der Waals surface area contributed by atoms with Crippen molar-refractivity contribution in [2.45, 2.75) is 13.2 Å². The largest absolute Gasteiger partial charge is 0.372 e. The predicted molar refractivity (Wildman–Crippen MR) is 129 cm³/mol. The summed E-state index contributed by atoms with van der Waals surface area (Å²) in [4.78, 5) is 21.3. The van der Waals surface area contributed by atoms with E-state index in [-0.39, 0.29) is 5.56 Å². The molecule has 9 nitrogen and oxygen atoms in total. The number of carbonyl (C=O) groups is 1. The van der Waals surface area contributed by atoms with Crippen LogP contribution in [0.25, 0.3) is 22.6 Å². The number of nitrogens with zero attached hydrogens (tertiary/aromatic N) is 5. The minimum atomic E-state index is -0.661. The molecule has 0 bridgehead atoms.